The first kappa shape index (κ1) is 15.2. The van der Waals surface area contributed by atoms with Crippen molar-refractivity contribution < 1.29 is 14.6 Å². The molecule has 1 fully saturated rings. The highest BCUT2D eigenvalue weighted by Gasteiger charge is 2.15. The molecule has 20 heavy (non-hydrogen) atoms. The molecule has 5 heteroatoms. The number of benzene rings is 1. The van der Waals surface area contributed by atoms with E-state index in [9.17, 15) is 4.79 Å². The molecule has 2 unspecified atom stereocenters. The van der Waals surface area contributed by atoms with Crippen molar-refractivity contribution in [2.24, 2.45) is 5.73 Å². The summed E-state index contributed by atoms with van der Waals surface area (Å²) >= 11 is 1.94. The van der Waals surface area contributed by atoms with Crippen LogP contribution in [0.25, 0.3) is 0 Å². The van der Waals surface area contributed by atoms with E-state index in [4.69, 9.17) is 15.6 Å². The van der Waals surface area contributed by atoms with Crippen molar-refractivity contribution in [1.82, 2.24) is 0 Å². The lowest BCUT2D eigenvalue weighted by Crippen LogP contribution is -2.23. The molecule has 1 aromatic rings. The van der Waals surface area contributed by atoms with Gasteiger partial charge >= 0.3 is 5.97 Å². The normalized spacial score (nSPS) is 20.4. The number of thioether (sulfide) groups is 1. The number of aliphatic carboxylic acids is 1. The first-order valence-corrected chi connectivity index (χ1v) is 8.12. The topological polar surface area (TPSA) is 72.6 Å². The van der Waals surface area contributed by atoms with Crippen LogP contribution in [0.1, 0.15) is 37.3 Å². The fourth-order valence-corrected chi connectivity index (χ4v) is 3.27. The number of carboxylic acid groups (broad SMARTS) is 1. The van der Waals surface area contributed by atoms with Gasteiger partial charge in [0.25, 0.3) is 0 Å². The molecule has 1 aromatic carbocycles. The Morgan fingerprint density at radius 2 is 2.20 bits per heavy atom. The van der Waals surface area contributed by atoms with Crippen LogP contribution >= 0.6 is 11.8 Å². The summed E-state index contributed by atoms with van der Waals surface area (Å²) in [4.78, 5) is 10.5. The van der Waals surface area contributed by atoms with Gasteiger partial charge in [-0.25, -0.2) is 0 Å². The van der Waals surface area contributed by atoms with Gasteiger partial charge in [-0.05, 0) is 42.7 Å². The van der Waals surface area contributed by atoms with E-state index in [1.54, 1.807) is 0 Å². The monoisotopic (exact) mass is 295 g/mol. The minimum absolute atomic E-state index is 0.0959. The zero-order valence-corrected chi connectivity index (χ0v) is 12.3. The Bertz CT molecular complexity index is 429. The maximum Gasteiger partial charge on any atom is 0.303 e. The summed E-state index contributed by atoms with van der Waals surface area (Å²) in [5, 5.41) is 8.66. The summed E-state index contributed by atoms with van der Waals surface area (Å²) < 4.78 is 5.93. The number of nitrogens with two attached hydrogens (primary N) is 1. The maximum atomic E-state index is 10.5. The lowest BCUT2D eigenvalue weighted by molar-refractivity contribution is -0.137. The second-order valence-corrected chi connectivity index (χ2v) is 6.21. The van der Waals surface area contributed by atoms with Gasteiger partial charge in [0.05, 0.1) is 0 Å². The number of carbonyl (C=O) groups is 1. The van der Waals surface area contributed by atoms with Gasteiger partial charge in [0, 0.05) is 18.2 Å². The third-order valence-electron chi connectivity index (χ3n) is 3.40. The van der Waals surface area contributed by atoms with Crippen LogP contribution in [0.5, 0.6) is 5.75 Å². The van der Waals surface area contributed by atoms with Gasteiger partial charge in [0.1, 0.15) is 11.9 Å². The minimum Gasteiger partial charge on any atom is -0.490 e. The lowest BCUT2D eigenvalue weighted by Gasteiger charge is -2.23. The molecule has 0 bridgehead atoms. The van der Waals surface area contributed by atoms with Gasteiger partial charge in [0.2, 0.25) is 0 Å². The van der Waals surface area contributed by atoms with Gasteiger partial charge in [-0.2, -0.15) is 11.8 Å². The number of hydrogen-bond donors (Lipinski definition) is 2. The fraction of sp³-hybridized carbons (Fsp3) is 0.533. The van der Waals surface area contributed by atoms with Crippen molar-refractivity contribution in [2.75, 3.05) is 11.5 Å². The second kappa shape index (κ2) is 7.55. The Balaban J connectivity index is 1.86. The number of ether oxygens (including phenoxy) is 1. The Kier molecular flexibility index (Phi) is 5.73. The van der Waals surface area contributed by atoms with Crippen LogP contribution in [0.2, 0.25) is 0 Å². The zero-order valence-electron chi connectivity index (χ0n) is 11.5. The molecule has 1 aliphatic rings. The van der Waals surface area contributed by atoms with E-state index in [0.29, 0.717) is 12.5 Å². The van der Waals surface area contributed by atoms with Crippen molar-refractivity contribution >= 4 is 17.7 Å². The molecule has 1 aliphatic heterocycles. The zero-order chi connectivity index (χ0) is 14.4. The Morgan fingerprint density at radius 1 is 1.45 bits per heavy atom. The fourth-order valence-electron chi connectivity index (χ4n) is 2.24. The van der Waals surface area contributed by atoms with E-state index in [1.165, 1.54) is 12.2 Å². The summed E-state index contributed by atoms with van der Waals surface area (Å²) in [6.07, 6.45) is 3.19. The molecule has 4 nitrogen and oxygen atoms in total. The lowest BCUT2D eigenvalue weighted by atomic mass is 10.0. The highest BCUT2D eigenvalue weighted by molar-refractivity contribution is 7.99. The predicted molar refractivity (Wildman–Crippen MR) is 81.2 cm³/mol. The van der Waals surface area contributed by atoms with Gasteiger partial charge in [-0.15, -0.1) is 0 Å². The molecule has 2 atom stereocenters. The Labute approximate surface area is 123 Å². The molecule has 1 saturated heterocycles. The molecule has 3 N–H and O–H groups in total. The highest BCUT2D eigenvalue weighted by Crippen LogP contribution is 2.24. The van der Waals surface area contributed by atoms with E-state index in [0.717, 1.165) is 23.5 Å². The SMILES string of the molecule is NC(CCC(=O)O)c1ccc(OC2CCCSC2)cc1. The third kappa shape index (κ3) is 4.72. The molecule has 0 spiro atoms. The molecular weight excluding hydrogens is 274 g/mol. The van der Waals surface area contributed by atoms with Crippen LogP contribution in [0, 0.1) is 0 Å². The summed E-state index contributed by atoms with van der Waals surface area (Å²) in [6, 6.07) is 7.48. The van der Waals surface area contributed by atoms with Crippen LogP contribution in [0.3, 0.4) is 0 Å². The van der Waals surface area contributed by atoms with Crippen molar-refractivity contribution in [3.63, 3.8) is 0 Å². The summed E-state index contributed by atoms with van der Waals surface area (Å²) in [5.74, 6) is 2.35. The first-order valence-electron chi connectivity index (χ1n) is 6.97. The minimum atomic E-state index is -0.810. The molecule has 2 rings (SSSR count). The molecule has 0 aliphatic carbocycles. The summed E-state index contributed by atoms with van der Waals surface area (Å²) in [6.45, 7) is 0. The number of carboxylic acids is 1. The largest absolute Gasteiger partial charge is 0.490 e. The van der Waals surface area contributed by atoms with Crippen molar-refractivity contribution in [2.45, 2.75) is 37.8 Å². The maximum absolute atomic E-state index is 10.5. The van der Waals surface area contributed by atoms with Crippen LogP contribution in [0.4, 0.5) is 0 Å². The van der Waals surface area contributed by atoms with Crippen LogP contribution in [-0.4, -0.2) is 28.7 Å². The molecule has 0 aromatic heterocycles. The third-order valence-corrected chi connectivity index (χ3v) is 4.58. The highest BCUT2D eigenvalue weighted by atomic mass is 32.2. The average molecular weight is 295 g/mol. The molecule has 1 heterocycles. The van der Waals surface area contributed by atoms with Crippen LogP contribution < -0.4 is 10.5 Å². The van der Waals surface area contributed by atoms with Crippen molar-refractivity contribution in [1.29, 1.82) is 0 Å². The molecule has 0 saturated carbocycles. The first-order chi connectivity index (χ1) is 9.65. The van der Waals surface area contributed by atoms with E-state index >= 15 is 0 Å². The number of rotatable bonds is 6. The van der Waals surface area contributed by atoms with Crippen LogP contribution in [-0.2, 0) is 4.79 Å². The van der Waals surface area contributed by atoms with E-state index < -0.39 is 5.97 Å². The standard InChI is InChI=1S/C15H21NO3S/c16-14(7-8-15(17)18)11-3-5-12(6-4-11)19-13-2-1-9-20-10-13/h3-6,13-14H,1-2,7-10,16H2,(H,17,18). The molecular formula is C15H21NO3S. The van der Waals surface area contributed by atoms with E-state index in [-0.39, 0.29) is 12.5 Å². The van der Waals surface area contributed by atoms with Gasteiger partial charge in [0.15, 0.2) is 0 Å². The molecule has 0 amide bonds. The van der Waals surface area contributed by atoms with E-state index in [2.05, 4.69) is 0 Å². The molecule has 110 valence electrons. The Hall–Kier alpha value is -1.20. The summed E-state index contributed by atoms with van der Waals surface area (Å²) in [5.41, 5.74) is 6.93. The molecule has 0 radical (unpaired) electrons. The van der Waals surface area contributed by atoms with E-state index in [1.807, 2.05) is 36.0 Å². The van der Waals surface area contributed by atoms with Crippen molar-refractivity contribution in [3.8, 4) is 5.75 Å². The number of hydrogen-bond acceptors (Lipinski definition) is 4. The predicted octanol–water partition coefficient (Wildman–Crippen LogP) is 2.83. The van der Waals surface area contributed by atoms with Gasteiger partial charge < -0.3 is 15.6 Å². The second-order valence-electron chi connectivity index (χ2n) is 5.06. The van der Waals surface area contributed by atoms with Gasteiger partial charge in [-0.1, -0.05) is 12.1 Å². The Morgan fingerprint density at radius 3 is 2.80 bits per heavy atom. The quantitative estimate of drug-likeness (QED) is 0.844. The smallest absolute Gasteiger partial charge is 0.303 e. The average Bonchev–Trinajstić information content (AvgIpc) is 2.46. The van der Waals surface area contributed by atoms with Gasteiger partial charge in [-0.3, -0.25) is 4.79 Å². The van der Waals surface area contributed by atoms with Crippen molar-refractivity contribution in [3.05, 3.63) is 29.8 Å². The summed E-state index contributed by atoms with van der Waals surface area (Å²) in [7, 11) is 0. The van der Waals surface area contributed by atoms with Crippen LogP contribution in [0.15, 0.2) is 24.3 Å².